The van der Waals surface area contributed by atoms with Crippen LogP contribution in [0.25, 0.3) is 5.57 Å². The number of aliphatic hydroxyl groups is 1. The van der Waals surface area contributed by atoms with Gasteiger partial charge in [0.15, 0.2) is 0 Å². The summed E-state index contributed by atoms with van der Waals surface area (Å²) >= 11 is 0. The topological polar surface area (TPSA) is 112 Å². The van der Waals surface area contributed by atoms with E-state index in [1.165, 1.54) is 4.90 Å². The number of nitrogens with one attached hydrogen (secondary N) is 1. The van der Waals surface area contributed by atoms with E-state index in [4.69, 9.17) is 4.74 Å². The second-order valence-electron chi connectivity index (χ2n) is 12.1. The molecule has 10 nitrogen and oxygen atoms in total. The third kappa shape index (κ3) is 5.79. The lowest BCUT2D eigenvalue weighted by molar-refractivity contribution is 0.0203. The molecule has 0 aliphatic carbocycles. The third-order valence-corrected chi connectivity index (χ3v) is 7.97. The van der Waals surface area contributed by atoms with Gasteiger partial charge in [0.2, 0.25) is 0 Å². The summed E-state index contributed by atoms with van der Waals surface area (Å²) in [6.07, 6.45) is 6.22. The Morgan fingerprint density at radius 2 is 1.88 bits per heavy atom. The maximum absolute atomic E-state index is 14.0. The zero-order chi connectivity index (χ0) is 31.1. The average molecular weight is 585 g/mol. The highest BCUT2D eigenvalue weighted by Crippen LogP contribution is 2.45. The highest BCUT2D eigenvalue weighted by molar-refractivity contribution is 6.12. The summed E-state index contributed by atoms with van der Waals surface area (Å²) in [4.78, 5) is 39.6. The molecule has 5 rings (SSSR count). The lowest BCUT2D eigenvalue weighted by atomic mass is 9.89. The predicted octanol–water partition coefficient (Wildman–Crippen LogP) is 6.36. The first-order chi connectivity index (χ1) is 20.4. The van der Waals surface area contributed by atoms with Gasteiger partial charge in [0, 0.05) is 31.9 Å². The van der Waals surface area contributed by atoms with Crippen molar-refractivity contribution in [3.05, 3.63) is 71.1 Å². The van der Waals surface area contributed by atoms with Crippen LogP contribution in [0.15, 0.2) is 53.8 Å². The number of imide groups is 1. The number of aryl methyl sites for hydroxylation is 1. The smallest absolute Gasteiger partial charge is 0.417 e. The van der Waals surface area contributed by atoms with Crippen LogP contribution in [0.4, 0.5) is 27.8 Å². The number of aromatic nitrogens is 2. The summed E-state index contributed by atoms with van der Waals surface area (Å²) in [5.74, 6) is 0.840. The molecule has 1 fully saturated rings. The minimum Gasteiger partial charge on any atom is -0.443 e. The zero-order valence-corrected chi connectivity index (χ0v) is 25.7. The first kappa shape index (κ1) is 30.0. The number of amides is 2. The molecule has 3 aromatic rings. The number of aliphatic hydroxyl groups excluding tert-OH is 1. The molecule has 2 aliphatic rings. The van der Waals surface area contributed by atoms with Crippen molar-refractivity contribution in [2.75, 3.05) is 23.3 Å². The Morgan fingerprint density at radius 1 is 1.16 bits per heavy atom. The molecule has 0 bridgehead atoms. The van der Waals surface area contributed by atoms with E-state index in [-0.39, 0.29) is 6.10 Å². The molecule has 10 heteroatoms. The number of nitrogens with zero attached hydrogens (tertiary/aromatic N) is 5. The molecular formula is C33H40N6O4. The molecular weight excluding hydrogens is 544 g/mol. The number of hydrogen-bond acceptors (Lipinski definition) is 8. The Labute approximate surface area is 252 Å². The van der Waals surface area contributed by atoms with Crippen molar-refractivity contribution in [3.8, 4) is 0 Å². The lowest BCUT2D eigenvalue weighted by Gasteiger charge is -2.31. The van der Waals surface area contributed by atoms with Crippen LogP contribution < -0.4 is 10.2 Å². The van der Waals surface area contributed by atoms with Gasteiger partial charge in [-0.05, 0) is 95.1 Å². The van der Waals surface area contributed by atoms with Crippen LogP contribution in [0.1, 0.15) is 80.6 Å². The van der Waals surface area contributed by atoms with Crippen molar-refractivity contribution in [1.29, 1.82) is 0 Å². The van der Waals surface area contributed by atoms with Gasteiger partial charge in [-0.25, -0.2) is 19.7 Å². The number of carbonyl (C=O) groups excluding carboxylic acids is 2. The summed E-state index contributed by atoms with van der Waals surface area (Å²) in [5.41, 5.74) is 4.45. The quantitative estimate of drug-likeness (QED) is 0.324. The van der Waals surface area contributed by atoms with Gasteiger partial charge in [-0.1, -0.05) is 12.1 Å². The average Bonchev–Trinajstić information content (AvgIpc) is 3.46. The maximum atomic E-state index is 14.0. The van der Waals surface area contributed by atoms with Crippen LogP contribution >= 0.6 is 0 Å². The molecule has 2 N–H and O–H groups in total. The zero-order valence-electron chi connectivity index (χ0n) is 25.7. The molecule has 4 heterocycles. The number of piperidine rings is 1. The van der Waals surface area contributed by atoms with Gasteiger partial charge in [-0.15, -0.1) is 0 Å². The van der Waals surface area contributed by atoms with Gasteiger partial charge >= 0.3 is 6.09 Å². The van der Waals surface area contributed by atoms with Crippen LogP contribution in [-0.2, 0) is 11.8 Å². The van der Waals surface area contributed by atoms with Crippen molar-refractivity contribution >= 4 is 47.3 Å². The molecule has 1 unspecified atom stereocenters. The molecule has 1 saturated heterocycles. The minimum atomic E-state index is -0.767. The van der Waals surface area contributed by atoms with E-state index in [2.05, 4.69) is 26.9 Å². The van der Waals surface area contributed by atoms with Crippen molar-refractivity contribution < 1.29 is 19.4 Å². The monoisotopic (exact) mass is 584 g/mol. The van der Waals surface area contributed by atoms with Crippen LogP contribution in [0.5, 0.6) is 0 Å². The maximum Gasteiger partial charge on any atom is 0.417 e. The number of fused-ring (bicyclic) bond motifs is 1. The minimum absolute atomic E-state index is 0.250. The second kappa shape index (κ2) is 11.7. The molecule has 43 heavy (non-hydrogen) atoms. The molecule has 0 radical (unpaired) electrons. The lowest BCUT2D eigenvalue weighted by Crippen LogP contribution is -2.38. The highest BCUT2D eigenvalue weighted by atomic mass is 16.6. The number of benzene rings is 1. The van der Waals surface area contributed by atoms with Crippen molar-refractivity contribution in [2.24, 2.45) is 12.0 Å². The number of anilines is 3. The van der Waals surface area contributed by atoms with Crippen LogP contribution in [0.3, 0.4) is 0 Å². The molecule has 0 spiro atoms. The SMILES string of the molecule is C=Nc1c(/C(=C\C)c2ccc(Nc3ccc(N4CCC(O)CC4)cn3)c3c2C(C)N(C(=O)OC(C)(C)C)C3=O)ccn1C. The van der Waals surface area contributed by atoms with E-state index in [1.807, 2.05) is 68.1 Å². The van der Waals surface area contributed by atoms with Gasteiger partial charge in [-0.2, -0.15) is 0 Å². The molecule has 2 amide bonds. The van der Waals surface area contributed by atoms with Gasteiger partial charge in [-0.3, -0.25) is 4.79 Å². The summed E-state index contributed by atoms with van der Waals surface area (Å²) in [6.45, 7) is 14.4. The molecule has 0 saturated carbocycles. The number of rotatable bonds is 6. The van der Waals surface area contributed by atoms with Gasteiger partial charge in [0.1, 0.15) is 17.2 Å². The fourth-order valence-corrected chi connectivity index (χ4v) is 5.89. The standard InChI is InChI=1S/C33H40N6O4/c1-8-23(25-15-16-37(7)30(25)34-6)24-10-11-26(29-28(24)20(2)39(31(29)41)32(42)43-33(3,4)5)36-27-12-9-21(19-35-27)38-17-13-22(40)14-18-38/h8-12,15-16,19-20,22,40H,6,13-14,17-18H2,1-5,7H3,(H,35,36)/b23-8-. The van der Waals surface area contributed by atoms with Crippen LogP contribution in [0, 0.1) is 0 Å². The van der Waals surface area contributed by atoms with E-state index >= 15 is 0 Å². The molecule has 1 atom stereocenters. The largest absolute Gasteiger partial charge is 0.443 e. The van der Waals surface area contributed by atoms with E-state index in [0.717, 1.165) is 53.9 Å². The number of pyridine rings is 1. The number of carbonyl (C=O) groups is 2. The Bertz CT molecular complexity index is 1580. The highest BCUT2D eigenvalue weighted by Gasteiger charge is 2.44. The Hall–Kier alpha value is -4.44. The number of ether oxygens (including phenoxy) is 1. The van der Waals surface area contributed by atoms with E-state index in [1.54, 1.807) is 27.0 Å². The van der Waals surface area contributed by atoms with Crippen LogP contribution in [0.2, 0.25) is 0 Å². The summed E-state index contributed by atoms with van der Waals surface area (Å²) in [5, 5.41) is 13.2. The van der Waals surface area contributed by atoms with Gasteiger partial charge in [0.05, 0.1) is 35.3 Å². The number of allylic oxidation sites excluding steroid dienone is 1. The molecule has 2 aliphatic heterocycles. The first-order valence-corrected chi connectivity index (χ1v) is 14.6. The van der Waals surface area contributed by atoms with Crippen molar-refractivity contribution in [2.45, 2.75) is 65.2 Å². The van der Waals surface area contributed by atoms with E-state index in [9.17, 15) is 14.7 Å². The van der Waals surface area contributed by atoms with E-state index in [0.29, 0.717) is 22.9 Å². The molecule has 226 valence electrons. The normalized spacial score (nSPS) is 17.7. The third-order valence-electron chi connectivity index (χ3n) is 7.97. The van der Waals surface area contributed by atoms with Crippen LogP contribution in [-0.4, -0.2) is 63.1 Å². The van der Waals surface area contributed by atoms with E-state index < -0.39 is 23.6 Å². The molecule has 1 aromatic carbocycles. The predicted molar refractivity (Wildman–Crippen MR) is 170 cm³/mol. The summed E-state index contributed by atoms with van der Waals surface area (Å²) in [7, 11) is 1.90. The first-order valence-electron chi connectivity index (χ1n) is 14.6. The summed E-state index contributed by atoms with van der Waals surface area (Å²) < 4.78 is 7.55. The summed E-state index contributed by atoms with van der Waals surface area (Å²) in [6, 6.07) is 9.06. The van der Waals surface area contributed by atoms with Gasteiger partial charge in [0.25, 0.3) is 5.91 Å². The second-order valence-corrected chi connectivity index (χ2v) is 12.1. The number of aliphatic imine (C=N–C) groups is 1. The fourth-order valence-electron chi connectivity index (χ4n) is 5.89. The molecule has 2 aromatic heterocycles. The van der Waals surface area contributed by atoms with Gasteiger partial charge < -0.3 is 24.6 Å². The Kier molecular flexibility index (Phi) is 8.16. The van der Waals surface area contributed by atoms with Crippen molar-refractivity contribution in [3.63, 3.8) is 0 Å². The number of hydrogen-bond donors (Lipinski definition) is 2. The van der Waals surface area contributed by atoms with Crippen molar-refractivity contribution in [1.82, 2.24) is 14.5 Å². The Morgan fingerprint density at radius 3 is 2.49 bits per heavy atom. The fraction of sp³-hybridized carbons (Fsp3) is 0.394. The Balaban J connectivity index is 1.56.